The molecule has 0 aliphatic carbocycles. The molecular formula is C11H11BrClN3O2. The quantitative estimate of drug-likeness (QED) is 0.637. The summed E-state index contributed by atoms with van der Waals surface area (Å²) in [7, 11) is 1.37. The van der Waals surface area contributed by atoms with Crippen molar-refractivity contribution in [3.05, 3.63) is 22.6 Å². The van der Waals surface area contributed by atoms with Crippen LogP contribution in [0.15, 0.2) is 16.7 Å². The number of esters is 1. The Morgan fingerprint density at radius 3 is 3.06 bits per heavy atom. The second-order valence-corrected chi connectivity index (χ2v) is 4.82. The van der Waals surface area contributed by atoms with Crippen LogP contribution in [0.3, 0.4) is 0 Å². The molecular weight excluding hydrogens is 321 g/mol. The predicted molar refractivity (Wildman–Crippen MR) is 71.4 cm³/mol. The normalized spacial score (nSPS) is 10.8. The van der Waals surface area contributed by atoms with Gasteiger partial charge in [-0.3, -0.25) is 4.79 Å². The van der Waals surface area contributed by atoms with Crippen molar-refractivity contribution in [2.75, 3.05) is 7.11 Å². The highest BCUT2D eigenvalue weighted by molar-refractivity contribution is 9.10. The molecule has 0 bridgehead atoms. The Hall–Kier alpha value is -1.14. The van der Waals surface area contributed by atoms with Crippen LogP contribution < -0.4 is 0 Å². The number of methoxy groups -OCH3 is 1. The highest BCUT2D eigenvalue weighted by atomic mass is 79.9. The molecule has 2 rings (SSSR count). The lowest BCUT2D eigenvalue weighted by Crippen LogP contribution is -2.09. The van der Waals surface area contributed by atoms with Gasteiger partial charge in [-0.25, -0.2) is 9.97 Å². The summed E-state index contributed by atoms with van der Waals surface area (Å²) in [6.45, 7) is 0.458. The maximum Gasteiger partial charge on any atom is 0.307 e. The summed E-state index contributed by atoms with van der Waals surface area (Å²) in [5.74, 6) is 0.699. The van der Waals surface area contributed by atoms with Crippen molar-refractivity contribution in [3.63, 3.8) is 0 Å². The van der Waals surface area contributed by atoms with E-state index in [4.69, 9.17) is 11.6 Å². The Morgan fingerprint density at radius 1 is 1.61 bits per heavy atom. The standard InChI is InChI=1S/C11H11BrClN3O2/c1-18-10(17)2-3-16-9(5-13)15-8-4-7(12)6-14-11(8)16/h4,6H,2-3,5H2,1H3. The first-order chi connectivity index (χ1) is 8.65. The van der Waals surface area contributed by atoms with Crippen LogP contribution in [0.25, 0.3) is 11.2 Å². The lowest BCUT2D eigenvalue weighted by Gasteiger charge is -2.05. The third-order valence-electron chi connectivity index (χ3n) is 2.52. The Labute approximate surface area is 117 Å². The molecule has 96 valence electrons. The van der Waals surface area contributed by atoms with Gasteiger partial charge in [0.15, 0.2) is 5.65 Å². The van der Waals surface area contributed by atoms with E-state index in [1.807, 2.05) is 10.6 Å². The van der Waals surface area contributed by atoms with Gasteiger partial charge in [0.25, 0.3) is 0 Å². The zero-order valence-corrected chi connectivity index (χ0v) is 12.0. The Morgan fingerprint density at radius 2 is 2.39 bits per heavy atom. The predicted octanol–water partition coefficient (Wildman–Crippen LogP) is 2.50. The fourth-order valence-corrected chi connectivity index (χ4v) is 2.20. The fourth-order valence-electron chi connectivity index (χ4n) is 1.68. The average Bonchev–Trinajstić information content (AvgIpc) is 2.72. The minimum atomic E-state index is -0.269. The molecule has 18 heavy (non-hydrogen) atoms. The zero-order chi connectivity index (χ0) is 13.1. The SMILES string of the molecule is COC(=O)CCn1c(CCl)nc2cc(Br)cnc21. The van der Waals surface area contributed by atoms with E-state index in [9.17, 15) is 4.79 Å². The number of halogens is 2. The van der Waals surface area contributed by atoms with Gasteiger partial charge in [-0.15, -0.1) is 11.6 Å². The number of alkyl halides is 1. The molecule has 0 unspecified atom stereocenters. The van der Waals surface area contributed by atoms with Crippen LogP contribution in [0.4, 0.5) is 0 Å². The third-order valence-corrected chi connectivity index (χ3v) is 3.19. The summed E-state index contributed by atoms with van der Waals surface area (Å²) >= 11 is 9.20. The van der Waals surface area contributed by atoms with Crippen LogP contribution in [0.1, 0.15) is 12.2 Å². The number of fused-ring (bicyclic) bond motifs is 1. The summed E-state index contributed by atoms with van der Waals surface area (Å²) in [4.78, 5) is 19.9. The van der Waals surface area contributed by atoms with Crippen molar-refractivity contribution in [2.24, 2.45) is 0 Å². The largest absolute Gasteiger partial charge is 0.469 e. The Kier molecular flexibility index (Phi) is 4.19. The number of imidazole rings is 1. The number of nitrogens with zero attached hydrogens (tertiary/aromatic N) is 3. The first kappa shape index (κ1) is 13.3. The van der Waals surface area contributed by atoms with E-state index in [-0.39, 0.29) is 18.3 Å². The van der Waals surface area contributed by atoms with Crippen LogP contribution in [-0.4, -0.2) is 27.6 Å². The monoisotopic (exact) mass is 331 g/mol. The average molecular weight is 333 g/mol. The van der Waals surface area contributed by atoms with Crippen molar-refractivity contribution < 1.29 is 9.53 Å². The molecule has 0 saturated heterocycles. The summed E-state index contributed by atoms with van der Waals surface area (Å²) in [6.07, 6.45) is 1.96. The molecule has 0 aromatic carbocycles. The maximum atomic E-state index is 11.2. The van der Waals surface area contributed by atoms with Crippen molar-refractivity contribution in [3.8, 4) is 0 Å². The van der Waals surface area contributed by atoms with Gasteiger partial charge < -0.3 is 9.30 Å². The second kappa shape index (κ2) is 5.67. The van der Waals surface area contributed by atoms with Gasteiger partial charge in [0.05, 0.1) is 19.4 Å². The van der Waals surface area contributed by atoms with Gasteiger partial charge in [-0.2, -0.15) is 0 Å². The molecule has 0 radical (unpaired) electrons. The number of aromatic nitrogens is 3. The number of hydrogen-bond acceptors (Lipinski definition) is 4. The van der Waals surface area contributed by atoms with Crippen LogP contribution in [0.5, 0.6) is 0 Å². The molecule has 0 fully saturated rings. The van der Waals surface area contributed by atoms with E-state index >= 15 is 0 Å². The van der Waals surface area contributed by atoms with Gasteiger partial charge in [-0.1, -0.05) is 0 Å². The summed E-state index contributed by atoms with van der Waals surface area (Å²) < 4.78 is 7.31. The number of aryl methyl sites for hydroxylation is 1. The topological polar surface area (TPSA) is 57.0 Å². The number of hydrogen-bond donors (Lipinski definition) is 0. The molecule has 7 heteroatoms. The van der Waals surface area contributed by atoms with Gasteiger partial charge in [0.2, 0.25) is 0 Å². The van der Waals surface area contributed by atoms with Crippen LogP contribution >= 0.6 is 27.5 Å². The molecule has 0 aliphatic rings. The van der Waals surface area contributed by atoms with Crippen molar-refractivity contribution in [2.45, 2.75) is 18.8 Å². The van der Waals surface area contributed by atoms with Crippen LogP contribution in [0.2, 0.25) is 0 Å². The van der Waals surface area contributed by atoms with Gasteiger partial charge in [-0.05, 0) is 22.0 Å². The first-order valence-electron chi connectivity index (χ1n) is 5.29. The Bertz CT molecular complexity index is 585. The Balaban J connectivity index is 2.37. The number of carbonyl (C=O) groups is 1. The minimum Gasteiger partial charge on any atom is -0.469 e. The third kappa shape index (κ3) is 2.64. The zero-order valence-electron chi connectivity index (χ0n) is 9.69. The summed E-state index contributed by atoms with van der Waals surface area (Å²) in [5.41, 5.74) is 1.47. The summed E-state index contributed by atoms with van der Waals surface area (Å²) in [5, 5.41) is 0. The van der Waals surface area contributed by atoms with Crippen LogP contribution in [-0.2, 0) is 22.0 Å². The number of rotatable bonds is 4. The number of carbonyl (C=O) groups excluding carboxylic acids is 1. The smallest absolute Gasteiger partial charge is 0.307 e. The summed E-state index contributed by atoms with van der Waals surface area (Å²) in [6, 6.07) is 1.87. The van der Waals surface area contributed by atoms with Gasteiger partial charge in [0.1, 0.15) is 11.3 Å². The molecule has 2 heterocycles. The fraction of sp³-hybridized carbons (Fsp3) is 0.364. The van der Waals surface area contributed by atoms with E-state index in [0.29, 0.717) is 12.4 Å². The van der Waals surface area contributed by atoms with E-state index in [1.165, 1.54) is 7.11 Å². The molecule has 0 aliphatic heterocycles. The molecule has 2 aromatic heterocycles. The van der Waals surface area contributed by atoms with Crippen molar-refractivity contribution in [1.82, 2.24) is 14.5 Å². The minimum absolute atomic E-state index is 0.267. The van der Waals surface area contributed by atoms with E-state index in [2.05, 4.69) is 30.6 Å². The molecule has 0 N–H and O–H groups in total. The van der Waals surface area contributed by atoms with E-state index < -0.39 is 0 Å². The van der Waals surface area contributed by atoms with Crippen LogP contribution in [0, 0.1) is 0 Å². The molecule has 5 nitrogen and oxygen atoms in total. The van der Waals surface area contributed by atoms with Crippen molar-refractivity contribution >= 4 is 44.7 Å². The highest BCUT2D eigenvalue weighted by Crippen LogP contribution is 2.19. The molecule has 0 amide bonds. The van der Waals surface area contributed by atoms with E-state index in [0.717, 1.165) is 15.6 Å². The lowest BCUT2D eigenvalue weighted by atomic mass is 10.4. The molecule has 0 atom stereocenters. The first-order valence-corrected chi connectivity index (χ1v) is 6.62. The lowest BCUT2D eigenvalue weighted by molar-refractivity contribution is -0.140. The maximum absolute atomic E-state index is 11.2. The number of ether oxygens (including phenoxy) is 1. The van der Waals surface area contributed by atoms with Gasteiger partial charge in [0, 0.05) is 17.2 Å². The number of pyridine rings is 1. The molecule has 2 aromatic rings. The second-order valence-electron chi connectivity index (χ2n) is 3.64. The molecule has 0 saturated carbocycles. The van der Waals surface area contributed by atoms with Gasteiger partial charge >= 0.3 is 5.97 Å². The van der Waals surface area contributed by atoms with E-state index in [1.54, 1.807) is 6.20 Å². The highest BCUT2D eigenvalue weighted by Gasteiger charge is 2.12. The van der Waals surface area contributed by atoms with Crippen molar-refractivity contribution in [1.29, 1.82) is 0 Å². The molecule has 0 spiro atoms.